The molecule has 0 radical (unpaired) electrons. The maximum atomic E-state index is 12.8. The lowest BCUT2D eigenvalue weighted by atomic mass is 9.96. The molecule has 0 aliphatic carbocycles. The maximum absolute atomic E-state index is 12.8. The van der Waals surface area contributed by atoms with Gasteiger partial charge >= 0.3 is 0 Å². The van der Waals surface area contributed by atoms with Crippen molar-refractivity contribution in [1.82, 2.24) is 4.90 Å². The molecule has 0 spiro atoms. The van der Waals surface area contributed by atoms with Gasteiger partial charge < -0.3 is 5.11 Å². The van der Waals surface area contributed by atoms with E-state index in [0.717, 1.165) is 18.5 Å². The van der Waals surface area contributed by atoms with Crippen LogP contribution in [-0.4, -0.2) is 28.7 Å². The number of rotatable bonds is 3. The average Bonchev–Trinajstić information content (AvgIpc) is 2.34. The van der Waals surface area contributed by atoms with Crippen molar-refractivity contribution in [3.05, 3.63) is 35.6 Å². The fraction of sp³-hybridized carbons (Fsp3) is 0.571. The number of hydrogen-bond donors (Lipinski definition) is 1. The Hall–Kier alpha value is -0.930. The number of likely N-dealkylation sites (tertiary alicyclic amines) is 1. The van der Waals surface area contributed by atoms with Crippen molar-refractivity contribution in [3.8, 4) is 0 Å². The highest BCUT2D eigenvalue weighted by atomic mass is 19.1. The van der Waals surface area contributed by atoms with Crippen molar-refractivity contribution in [2.75, 3.05) is 6.61 Å². The van der Waals surface area contributed by atoms with Gasteiger partial charge in [-0.25, -0.2) is 4.39 Å². The zero-order valence-corrected chi connectivity index (χ0v) is 10.3. The summed E-state index contributed by atoms with van der Waals surface area (Å²) < 4.78 is 12.8. The van der Waals surface area contributed by atoms with Gasteiger partial charge in [0.1, 0.15) is 5.82 Å². The number of aliphatic hydroxyl groups is 1. The normalized spacial score (nSPS) is 26.1. The van der Waals surface area contributed by atoms with Gasteiger partial charge in [-0.3, -0.25) is 4.90 Å². The van der Waals surface area contributed by atoms with Crippen LogP contribution in [0.25, 0.3) is 0 Å². The highest BCUT2D eigenvalue weighted by Gasteiger charge is 2.26. The Labute approximate surface area is 102 Å². The molecule has 2 nitrogen and oxygen atoms in total. The van der Waals surface area contributed by atoms with Crippen LogP contribution >= 0.6 is 0 Å². The summed E-state index contributed by atoms with van der Waals surface area (Å²) >= 11 is 0. The minimum Gasteiger partial charge on any atom is -0.395 e. The maximum Gasteiger partial charge on any atom is 0.123 e. The minimum atomic E-state index is -0.195. The van der Waals surface area contributed by atoms with E-state index in [1.165, 1.54) is 25.0 Å². The number of hydrogen-bond acceptors (Lipinski definition) is 2. The molecule has 0 saturated carbocycles. The summed E-state index contributed by atoms with van der Waals surface area (Å²) in [5, 5.41) is 9.40. The van der Waals surface area contributed by atoms with Gasteiger partial charge in [0.05, 0.1) is 6.61 Å². The summed E-state index contributed by atoms with van der Waals surface area (Å²) in [5.41, 5.74) is 1.11. The van der Waals surface area contributed by atoms with Crippen LogP contribution in [0.4, 0.5) is 4.39 Å². The molecule has 3 heteroatoms. The van der Waals surface area contributed by atoms with E-state index >= 15 is 0 Å². The number of piperidine rings is 1. The molecule has 2 rings (SSSR count). The van der Waals surface area contributed by atoms with Gasteiger partial charge in [0.2, 0.25) is 0 Å². The molecule has 0 bridgehead atoms. The lowest BCUT2D eigenvalue weighted by Crippen LogP contribution is -2.46. The third-order valence-electron chi connectivity index (χ3n) is 3.68. The number of nitrogens with zero attached hydrogens (tertiary/aromatic N) is 1. The molecule has 1 aliphatic rings. The Morgan fingerprint density at radius 1 is 1.29 bits per heavy atom. The molecule has 2 atom stereocenters. The van der Waals surface area contributed by atoms with Gasteiger partial charge in [0.15, 0.2) is 0 Å². The van der Waals surface area contributed by atoms with Gasteiger partial charge in [-0.15, -0.1) is 0 Å². The number of halogens is 1. The highest BCUT2D eigenvalue weighted by Crippen LogP contribution is 2.24. The van der Waals surface area contributed by atoms with Crippen LogP contribution in [0.3, 0.4) is 0 Å². The lowest BCUT2D eigenvalue weighted by Gasteiger charge is -2.40. The minimum absolute atomic E-state index is 0.195. The predicted molar refractivity (Wildman–Crippen MR) is 66.1 cm³/mol. The summed E-state index contributed by atoms with van der Waals surface area (Å²) in [5.74, 6) is -0.195. The highest BCUT2D eigenvalue weighted by molar-refractivity contribution is 5.16. The lowest BCUT2D eigenvalue weighted by molar-refractivity contribution is 0.0452. The first-order chi connectivity index (χ1) is 8.20. The van der Waals surface area contributed by atoms with Crippen molar-refractivity contribution in [2.24, 2.45) is 0 Å². The zero-order valence-electron chi connectivity index (χ0n) is 10.3. The third-order valence-corrected chi connectivity index (χ3v) is 3.68. The molecular weight excluding hydrogens is 217 g/mol. The summed E-state index contributed by atoms with van der Waals surface area (Å²) in [6.45, 7) is 3.21. The Bertz CT molecular complexity index is 352. The van der Waals surface area contributed by atoms with E-state index in [0.29, 0.717) is 6.04 Å². The van der Waals surface area contributed by atoms with Crippen LogP contribution in [0, 0.1) is 5.82 Å². The molecule has 0 amide bonds. The van der Waals surface area contributed by atoms with Gasteiger partial charge in [-0.05, 0) is 37.5 Å². The molecule has 1 saturated heterocycles. The first-order valence-electron chi connectivity index (χ1n) is 6.31. The second-order valence-electron chi connectivity index (χ2n) is 4.92. The van der Waals surface area contributed by atoms with Crippen LogP contribution in [0.5, 0.6) is 0 Å². The van der Waals surface area contributed by atoms with Gasteiger partial charge in [-0.1, -0.05) is 18.6 Å². The van der Waals surface area contributed by atoms with E-state index in [9.17, 15) is 9.50 Å². The first-order valence-corrected chi connectivity index (χ1v) is 6.31. The molecule has 1 aromatic rings. The zero-order chi connectivity index (χ0) is 12.3. The van der Waals surface area contributed by atoms with Gasteiger partial charge in [0, 0.05) is 18.6 Å². The topological polar surface area (TPSA) is 23.5 Å². The first kappa shape index (κ1) is 12.5. The van der Waals surface area contributed by atoms with E-state index in [2.05, 4.69) is 11.8 Å². The van der Waals surface area contributed by atoms with Crippen molar-refractivity contribution in [2.45, 2.75) is 44.8 Å². The van der Waals surface area contributed by atoms with Crippen LogP contribution in [0.1, 0.15) is 31.7 Å². The van der Waals surface area contributed by atoms with Crippen LogP contribution in [-0.2, 0) is 6.54 Å². The number of benzene rings is 1. The average molecular weight is 237 g/mol. The fourth-order valence-corrected chi connectivity index (χ4v) is 2.62. The van der Waals surface area contributed by atoms with Crippen molar-refractivity contribution in [1.29, 1.82) is 0 Å². The molecular formula is C14H20FNO. The standard InChI is InChI=1S/C14H20FNO/c1-11-3-2-4-14(10-17)16(11)9-12-5-7-13(15)8-6-12/h5-8,11,14,17H,2-4,9-10H2,1H3. The second kappa shape index (κ2) is 5.61. The second-order valence-corrected chi connectivity index (χ2v) is 4.92. The summed E-state index contributed by atoms with van der Waals surface area (Å²) in [4.78, 5) is 2.33. The fourth-order valence-electron chi connectivity index (χ4n) is 2.62. The molecule has 94 valence electrons. The predicted octanol–water partition coefficient (Wildman–Crippen LogP) is 2.56. The third kappa shape index (κ3) is 3.05. The summed E-state index contributed by atoms with van der Waals surface area (Å²) in [7, 11) is 0. The monoisotopic (exact) mass is 237 g/mol. The van der Waals surface area contributed by atoms with Crippen molar-refractivity contribution in [3.63, 3.8) is 0 Å². The molecule has 1 aliphatic heterocycles. The Morgan fingerprint density at radius 3 is 2.65 bits per heavy atom. The summed E-state index contributed by atoms with van der Waals surface area (Å²) in [6.07, 6.45) is 3.42. The van der Waals surface area contributed by atoms with Crippen LogP contribution in [0.2, 0.25) is 0 Å². The molecule has 1 N–H and O–H groups in total. The largest absolute Gasteiger partial charge is 0.395 e. The van der Waals surface area contributed by atoms with E-state index in [4.69, 9.17) is 0 Å². The summed E-state index contributed by atoms with van der Waals surface area (Å²) in [6, 6.07) is 7.39. The molecule has 17 heavy (non-hydrogen) atoms. The van der Waals surface area contributed by atoms with E-state index in [1.54, 1.807) is 0 Å². The van der Waals surface area contributed by atoms with Gasteiger partial charge in [-0.2, -0.15) is 0 Å². The van der Waals surface area contributed by atoms with Crippen molar-refractivity contribution < 1.29 is 9.50 Å². The van der Waals surface area contributed by atoms with Crippen LogP contribution < -0.4 is 0 Å². The molecule has 0 aromatic heterocycles. The van der Waals surface area contributed by atoms with E-state index < -0.39 is 0 Å². The quantitative estimate of drug-likeness (QED) is 0.873. The SMILES string of the molecule is CC1CCCC(CO)N1Cc1ccc(F)cc1. The molecule has 1 heterocycles. The molecule has 2 unspecified atom stereocenters. The molecule has 1 aromatic carbocycles. The Morgan fingerprint density at radius 2 is 2.00 bits per heavy atom. The van der Waals surface area contributed by atoms with Crippen LogP contribution in [0.15, 0.2) is 24.3 Å². The number of aliphatic hydroxyl groups excluding tert-OH is 1. The molecule has 1 fully saturated rings. The van der Waals surface area contributed by atoms with Crippen molar-refractivity contribution >= 4 is 0 Å². The van der Waals surface area contributed by atoms with E-state index in [1.807, 2.05) is 12.1 Å². The van der Waals surface area contributed by atoms with E-state index in [-0.39, 0.29) is 18.5 Å². The Kier molecular flexibility index (Phi) is 4.13. The smallest absolute Gasteiger partial charge is 0.123 e. The van der Waals surface area contributed by atoms with Gasteiger partial charge in [0.25, 0.3) is 0 Å². The Balaban J connectivity index is 2.06.